The van der Waals surface area contributed by atoms with Crippen LogP contribution in [0.2, 0.25) is 0 Å². The van der Waals surface area contributed by atoms with E-state index in [1.807, 2.05) is 30.0 Å². The molecule has 0 saturated carbocycles. The van der Waals surface area contributed by atoms with E-state index >= 15 is 0 Å². The van der Waals surface area contributed by atoms with Crippen LogP contribution in [0, 0.1) is 12.3 Å². The van der Waals surface area contributed by atoms with Crippen LogP contribution in [-0.2, 0) is 16.2 Å². The Bertz CT molecular complexity index is 1380. The summed E-state index contributed by atoms with van der Waals surface area (Å²) in [4.78, 5) is 31.5. The van der Waals surface area contributed by atoms with Crippen molar-refractivity contribution in [3.05, 3.63) is 64.7 Å². The number of carbonyl (C=O) groups is 2. The van der Waals surface area contributed by atoms with E-state index < -0.39 is 5.91 Å². The fourth-order valence-electron chi connectivity index (χ4n) is 4.51. The Kier molecular flexibility index (Phi) is 7.59. The van der Waals surface area contributed by atoms with Crippen LogP contribution in [-0.4, -0.2) is 58.0 Å². The van der Waals surface area contributed by atoms with Crippen LogP contribution in [0.3, 0.4) is 0 Å². The molecular formula is C28H29N5O4S. The SMILES string of the molecule is COc1cc(/C=C2/C(=N)N3N=C(CC(=O)N4CCCCC4)SC3=NC2=O)ccc1OCc1cccc(C)c1. The largest absolute Gasteiger partial charge is 0.493 e. The molecule has 1 saturated heterocycles. The van der Waals surface area contributed by atoms with Crippen LogP contribution >= 0.6 is 11.8 Å². The van der Waals surface area contributed by atoms with Crippen molar-refractivity contribution in [1.82, 2.24) is 9.91 Å². The van der Waals surface area contributed by atoms with Crippen LogP contribution in [0.4, 0.5) is 0 Å². The van der Waals surface area contributed by atoms with Crippen molar-refractivity contribution in [2.45, 2.75) is 39.2 Å². The van der Waals surface area contributed by atoms with Gasteiger partial charge in [0.2, 0.25) is 11.1 Å². The Hall–Kier alpha value is -3.92. The summed E-state index contributed by atoms with van der Waals surface area (Å²) in [7, 11) is 1.55. The molecule has 0 aliphatic carbocycles. The van der Waals surface area contributed by atoms with Crippen molar-refractivity contribution in [3.8, 4) is 11.5 Å². The first-order valence-electron chi connectivity index (χ1n) is 12.5. The summed E-state index contributed by atoms with van der Waals surface area (Å²) < 4.78 is 11.5. The van der Waals surface area contributed by atoms with E-state index in [-0.39, 0.29) is 23.7 Å². The number of aliphatic imine (C=N–C) groups is 1. The van der Waals surface area contributed by atoms with Crippen molar-refractivity contribution < 1.29 is 19.1 Å². The molecule has 3 aliphatic rings. The summed E-state index contributed by atoms with van der Waals surface area (Å²) in [5.74, 6) is 0.504. The van der Waals surface area contributed by atoms with E-state index in [1.165, 1.54) is 16.8 Å². The van der Waals surface area contributed by atoms with E-state index in [1.54, 1.807) is 31.4 Å². The number of hydrogen-bond acceptors (Lipinski definition) is 7. The second kappa shape index (κ2) is 11.2. The number of amides is 2. The molecule has 0 radical (unpaired) electrons. The third kappa shape index (κ3) is 5.65. The molecule has 1 fully saturated rings. The van der Waals surface area contributed by atoms with Crippen molar-refractivity contribution in [2.75, 3.05) is 20.2 Å². The van der Waals surface area contributed by atoms with E-state index in [2.05, 4.69) is 16.2 Å². The summed E-state index contributed by atoms with van der Waals surface area (Å²) in [6.45, 7) is 3.96. The third-order valence-electron chi connectivity index (χ3n) is 6.48. The lowest BCUT2D eigenvalue weighted by atomic mass is 10.1. The molecule has 10 heteroatoms. The summed E-state index contributed by atoms with van der Waals surface area (Å²) in [6, 6.07) is 13.4. The van der Waals surface area contributed by atoms with Gasteiger partial charge >= 0.3 is 0 Å². The minimum absolute atomic E-state index is 0.0156. The van der Waals surface area contributed by atoms with Gasteiger partial charge in [0.15, 0.2) is 17.3 Å². The maximum atomic E-state index is 12.8. The van der Waals surface area contributed by atoms with Crippen molar-refractivity contribution in [2.24, 2.45) is 10.1 Å². The number of aryl methyl sites for hydroxylation is 1. The Morgan fingerprint density at radius 2 is 1.95 bits per heavy atom. The second-order valence-electron chi connectivity index (χ2n) is 9.32. The Morgan fingerprint density at radius 1 is 1.13 bits per heavy atom. The molecule has 1 N–H and O–H groups in total. The molecule has 0 unspecified atom stereocenters. The molecule has 38 heavy (non-hydrogen) atoms. The van der Waals surface area contributed by atoms with Gasteiger partial charge in [0.05, 0.1) is 19.1 Å². The topological polar surface area (TPSA) is 108 Å². The first-order chi connectivity index (χ1) is 18.4. The Morgan fingerprint density at radius 3 is 2.71 bits per heavy atom. The number of nitrogens with zero attached hydrogens (tertiary/aromatic N) is 4. The highest BCUT2D eigenvalue weighted by Gasteiger charge is 2.36. The zero-order valence-electron chi connectivity index (χ0n) is 21.4. The van der Waals surface area contributed by atoms with Crippen LogP contribution in [0.1, 0.15) is 42.4 Å². The quantitative estimate of drug-likeness (QED) is 0.523. The number of benzene rings is 2. The fraction of sp³-hybridized carbons (Fsp3) is 0.321. The van der Waals surface area contributed by atoms with E-state index in [0.29, 0.717) is 33.9 Å². The van der Waals surface area contributed by atoms with Crippen LogP contribution in [0.25, 0.3) is 6.08 Å². The average molecular weight is 532 g/mol. The molecule has 0 aromatic heterocycles. The Balaban J connectivity index is 1.30. The molecule has 0 atom stereocenters. The number of likely N-dealkylation sites (tertiary alicyclic amines) is 1. The molecule has 9 nitrogen and oxygen atoms in total. The maximum absolute atomic E-state index is 12.8. The van der Waals surface area contributed by atoms with Gasteiger partial charge in [-0.3, -0.25) is 15.0 Å². The van der Waals surface area contributed by atoms with Gasteiger partial charge in [-0.15, -0.1) is 0 Å². The number of rotatable bonds is 7. The number of carbonyl (C=O) groups excluding carboxylic acids is 2. The van der Waals surface area contributed by atoms with Gasteiger partial charge in [-0.05, 0) is 67.3 Å². The van der Waals surface area contributed by atoms with Crippen LogP contribution in [0.15, 0.2) is 58.1 Å². The first-order valence-corrected chi connectivity index (χ1v) is 13.4. The highest BCUT2D eigenvalue weighted by Crippen LogP contribution is 2.32. The van der Waals surface area contributed by atoms with Gasteiger partial charge in [-0.1, -0.05) is 35.9 Å². The molecule has 196 valence electrons. The van der Waals surface area contributed by atoms with E-state index in [9.17, 15) is 9.59 Å². The fourth-order valence-corrected chi connectivity index (χ4v) is 5.39. The monoisotopic (exact) mass is 531 g/mol. The van der Waals surface area contributed by atoms with Crippen molar-refractivity contribution in [1.29, 1.82) is 5.41 Å². The highest BCUT2D eigenvalue weighted by atomic mass is 32.2. The molecule has 0 bridgehead atoms. The molecular weight excluding hydrogens is 502 g/mol. The zero-order chi connectivity index (χ0) is 26.6. The zero-order valence-corrected chi connectivity index (χ0v) is 22.2. The van der Waals surface area contributed by atoms with Gasteiger partial charge in [-0.2, -0.15) is 15.1 Å². The smallest absolute Gasteiger partial charge is 0.283 e. The Labute approximate surface area is 225 Å². The van der Waals surface area contributed by atoms with Crippen LogP contribution in [0.5, 0.6) is 11.5 Å². The normalized spacial score (nSPS) is 18.3. The predicted octanol–water partition coefficient (Wildman–Crippen LogP) is 4.60. The predicted molar refractivity (Wildman–Crippen MR) is 149 cm³/mol. The molecule has 3 heterocycles. The number of fused-ring (bicyclic) bond motifs is 1. The maximum Gasteiger partial charge on any atom is 0.283 e. The minimum Gasteiger partial charge on any atom is -0.493 e. The van der Waals surface area contributed by atoms with Gasteiger partial charge < -0.3 is 14.4 Å². The van der Waals surface area contributed by atoms with E-state index in [4.69, 9.17) is 14.9 Å². The number of amidine groups is 2. The first kappa shape index (κ1) is 25.7. The van der Waals surface area contributed by atoms with Crippen LogP contribution < -0.4 is 9.47 Å². The lowest BCUT2D eigenvalue weighted by molar-refractivity contribution is -0.130. The summed E-state index contributed by atoms with van der Waals surface area (Å²) in [6.07, 6.45) is 4.91. The van der Waals surface area contributed by atoms with E-state index in [0.717, 1.165) is 43.5 Å². The lowest BCUT2D eigenvalue weighted by Gasteiger charge is -2.26. The number of piperidine rings is 1. The third-order valence-corrected chi connectivity index (χ3v) is 7.39. The molecule has 2 amide bonds. The number of thioether (sulfide) groups is 1. The number of methoxy groups -OCH3 is 1. The van der Waals surface area contributed by atoms with Gasteiger partial charge in [0.1, 0.15) is 11.7 Å². The van der Waals surface area contributed by atoms with Gasteiger partial charge in [0.25, 0.3) is 5.91 Å². The van der Waals surface area contributed by atoms with Crippen molar-refractivity contribution >= 4 is 45.7 Å². The molecule has 2 aromatic rings. The van der Waals surface area contributed by atoms with Crippen molar-refractivity contribution in [3.63, 3.8) is 0 Å². The average Bonchev–Trinajstić information content (AvgIpc) is 3.32. The number of nitrogens with one attached hydrogen (secondary N) is 1. The standard InChI is InChI=1S/C28H29N5O4S/c1-18-7-6-8-20(13-18)17-37-22-10-9-19(15-23(22)36-2)14-21-26(29)33-28(30-27(21)35)38-24(31-33)16-25(34)32-11-4-3-5-12-32/h6-10,13-15,29H,3-5,11-12,16-17H2,1-2H3/b21-14-,29-26?. The minimum atomic E-state index is -0.522. The lowest BCUT2D eigenvalue weighted by Crippen LogP contribution is -2.36. The second-order valence-corrected chi connectivity index (χ2v) is 10.4. The molecule has 3 aliphatic heterocycles. The van der Waals surface area contributed by atoms with Gasteiger partial charge in [-0.25, -0.2) is 0 Å². The number of ether oxygens (including phenoxy) is 2. The molecule has 0 spiro atoms. The summed E-state index contributed by atoms with van der Waals surface area (Å²) >= 11 is 1.17. The summed E-state index contributed by atoms with van der Waals surface area (Å²) in [5.41, 5.74) is 2.98. The summed E-state index contributed by atoms with van der Waals surface area (Å²) in [5, 5.41) is 15.2. The number of hydrazone groups is 1. The highest BCUT2D eigenvalue weighted by molar-refractivity contribution is 8.27. The molecule has 5 rings (SSSR count). The number of hydrogen-bond donors (Lipinski definition) is 1. The molecule has 2 aromatic carbocycles. The van der Waals surface area contributed by atoms with Gasteiger partial charge in [0, 0.05) is 13.1 Å².